The van der Waals surface area contributed by atoms with Gasteiger partial charge in [-0.05, 0) is 49.6 Å². The van der Waals surface area contributed by atoms with Gasteiger partial charge in [-0.15, -0.1) is 0 Å². The highest BCUT2D eigenvalue weighted by Crippen LogP contribution is 2.26. The lowest BCUT2D eigenvalue weighted by Gasteiger charge is -2.31. The van der Waals surface area contributed by atoms with Crippen molar-refractivity contribution in [2.24, 2.45) is 0 Å². The Balaban J connectivity index is 2.12. The zero-order valence-electron chi connectivity index (χ0n) is 11.2. The van der Waals surface area contributed by atoms with Crippen molar-refractivity contribution in [1.82, 2.24) is 5.32 Å². The van der Waals surface area contributed by atoms with Gasteiger partial charge in [0.25, 0.3) is 0 Å². The highest BCUT2D eigenvalue weighted by molar-refractivity contribution is 7.98. The van der Waals surface area contributed by atoms with Gasteiger partial charge in [0.05, 0.1) is 5.02 Å². The molecule has 2 nitrogen and oxygen atoms in total. The maximum Gasteiger partial charge on any atom is 0.141 e. The highest BCUT2D eigenvalue weighted by atomic mass is 35.5. The Bertz CT molecular complexity index is 410. The number of rotatable bonds is 6. The first-order chi connectivity index (χ1) is 9.22. The van der Waals surface area contributed by atoms with Gasteiger partial charge in [0.2, 0.25) is 0 Å². The summed E-state index contributed by atoms with van der Waals surface area (Å²) in [7, 11) is 0. The zero-order chi connectivity index (χ0) is 13.7. The third-order valence-electron chi connectivity index (χ3n) is 3.46. The molecular weight excluding hydrogens is 283 g/mol. The number of nitrogens with one attached hydrogen (secondary N) is 1. The van der Waals surface area contributed by atoms with Crippen LogP contribution in [0.2, 0.25) is 5.02 Å². The van der Waals surface area contributed by atoms with E-state index in [1.807, 2.05) is 17.8 Å². The first-order valence-electron chi connectivity index (χ1n) is 6.63. The average Bonchev–Trinajstić information content (AvgIpc) is 2.92. The fourth-order valence-corrected chi connectivity index (χ4v) is 3.06. The number of thioether (sulfide) groups is 1. The first kappa shape index (κ1) is 14.9. The van der Waals surface area contributed by atoms with Crippen molar-refractivity contribution in [3.05, 3.63) is 29.0 Å². The Kier molecular flexibility index (Phi) is 5.79. The van der Waals surface area contributed by atoms with E-state index in [9.17, 15) is 4.39 Å². The number of benzene rings is 1. The lowest BCUT2D eigenvalue weighted by molar-refractivity contribution is 0.617. The summed E-state index contributed by atoms with van der Waals surface area (Å²) in [6, 6.07) is 5.53. The molecule has 0 amide bonds. The molecule has 1 fully saturated rings. The van der Waals surface area contributed by atoms with Crippen LogP contribution >= 0.6 is 23.4 Å². The fraction of sp³-hybridized carbons (Fsp3) is 0.571. The molecule has 5 heteroatoms. The van der Waals surface area contributed by atoms with Gasteiger partial charge in [0.15, 0.2) is 0 Å². The summed E-state index contributed by atoms with van der Waals surface area (Å²) in [5.74, 6) is 0.796. The molecule has 0 saturated carbocycles. The van der Waals surface area contributed by atoms with Crippen molar-refractivity contribution in [1.29, 1.82) is 0 Å². The second-order valence-corrected chi connectivity index (χ2v) is 6.18. The minimum absolute atomic E-state index is 0.207. The molecule has 0 aromatic heterocycles. The van der Waals surface area contributed by atoms with E-state index in [1.54, 1.807) is 6.07 Å². The quantitative estimate of drug-likeness (QED) is 0.811. The van der Waals surface area contributed by atoms with Crippen molar-refractivity contribution < 1.29 is 4.39 Å². The van der Waals surface area contributed by atoms with E-state index < -0.39 is 0 Å². The SMILES string of the molecule is CSCCCN(c1ccc(F)c(Cl)c1)[C@H]1CCNC1. The molecule has 1 aliphatic rings. The van der Waals surface area contributed by atoms with Gasteiger partial charge < -0.3 is 10.2 Å². The van der Waals surface area contributed by atoms with Gasteiger partial charge in [-0.3, -0.25) is 0 Å². The normalized spacial score (nSPS) is 18.8. The van der Waals surface area contributed by atoms with E-state index in [0.29, 0.717) is 6.04 Å². The van der Waals surface area contributed by atoms with Crippen LogP contribution in [0.4, 0.5) is 10.1 Å². The van der Waals surface area contributed by atoms with Gasteiger partial charge in [0, 0.05) is 24.8 Å². The highest BCUT2D eigenvalue weighted by Gasteiger charge is 2.22. The molecule has 1 N–H and O–H groups in total. The Morgan fingerprint density at radius 3 is 3.00 bits per heavy atom. The fourth-order valence-electron chi connectivity index (χ4n) is 2.47. The van der Waals surface area contributed by atoms with Crippen LogP contribution in [0, 0.1) is 5.82 Å². The third kappa shape index (κ3) is 4.01. The molecule has 1 heterocycles. The lowest BCUT2D eigenvalue weighted by Crippen LogP contribution is -2.38. The Morgan fingerprint density at radius 2 is 2.37 bits per heavy atom. The number of nitrogens with zero attached hydrogens (tertiary/aromatic N) is 1. The summed E-state index contributed by atoms with van der Waals surface area (Å²) in [5, 5.41) is 3.59. The molecule has 1 aromatic rings. The molecule has 0 bridgehead atoms. The van der Waals surface area contributed by atoms with Gasteiger partial charge in [0.1, 0.15) is 5.82 Å². The topological polar surface area (TPSA) is 15.3 Å². The van der Waals surface area contributed by atoms with Crippen LogP contribution in [-0.2, 0) is 0 Å². The molecule has 1 saturated heterocycles. The van der Waals surface area contributed by atoms with Crippen LogP contribution in [0.15, 0.2) is 18.2 Å². The van der Waals surface area contributed by atoms with Crippen molar-refractivity contribution in [2.45, 2.75) is 18.9 Å². The van der Waals surface area contributed by atoms with Gasteiger partial charge in [-0.1, -0.05) is 11.6 Å². The lowest BCUT2D eigenvalue weighted by atomic mass is 10.1. The molecule has 19 heavy (non-hydrogen) atoms. The van der Waals surface area contributed by atoms with E-state index in [-0.39, 0.29) is 10.8 Å². The summed E-state index contributed by atoms with van der Waals surface area (Å²) in [6.45, 7) is 3.04. The predicted octanol–water partition coefficient (Wildman–Crippen LogP) is 3.40. The van der Waals surface area contributed by atoms with Crippen molar-refractivity contribution in [3.8, 4) is 0 Å². The second-order valence-electron chi connectivity index (χ2n) is 4.78. The van der Waals surface area contributed by atoms with Crippen LogP contribution < -0.4 is 10.2 Å². The van der Waals surface area contributed by atoms with Gasteiger partial charge >= 0.3 is 0 Å². The Morgan fingerprint density at radius 1 is 1.53 bits per heavy atom. The predicted molar refractivity (Wildman–Crippen MR) is 83.0 cm³/mol. The molecule has 0 aliphatic carbocycles. The van der Waals surface area contributed by atoms with E-state index in [0.717, 1.165) is 43.9 Å². The van der Waals surface area contributed by atoms with E-state index in [4.69, 9.17) is 11.6 Å². The van der Waals surface area contributed by atoms with Crippen molar-refractivity contribution in [2.75, 3.05) is 36.5 Å². The van der Waals surface area contributed by atoms with Crippen molar-refractivity contribution in [3.63, 3.8) is 0 Å². The van der Waals surface area contributed by atoms with Crippen LogP contribution in [0.1, 0.15) is 12.8 Å². The first-order valence-corrected chi connectivity index (χ1v) is 8.41. The molecule has 2 rings (SSSR count). The molecule has 1 aromatic carbocycles. The summed E-state index contributed by atoms with van der Waals surface area (Å²) >= 11 is 7.76. The number of anilines is 1. The van der Waals surface area contributed by atoms with E-state index >= 15 is 0 Å². The molecule has 106 valence electrons. The van der Waals surface area contributed by atoms with Crippen LogP contribution in [0.5, 0.6) is 0 Å². The zero-order valence-corrected chi connectivity index (χ0v) is 12.7. The van der Waals surface area contributed by atoms with Crippen LogP contribution in [0.3, 0.4) is 0 Å². The molecule has 0 unspecified atom stereocenters. The maximum absolute atomic E-state index is 13.3. The molecule has 0 spiro atoms. The monoisotopic (exact) mass is 302 g/mol. The van der Waals surface area contributed by atoms with Crippen LogP contribution in [0.25, 0.3) is 0 Å². The summed E-state index contributed by atoms with van der Waals surface area (Å²) in [4.78, 5) is 2.36. The second kappa shape index (κ2) is 7.36. The summed E-state index contributed by atoms with van der Waals surface area (Å²) in [5.41, 5.74) is 1.03. The molecule has 1 atom stereocenters. The molecular formula is C14H20ClFN2S. The summed E-state index contributed by atoms with van der Waals surface area (Å²) in [6.07, 6.45) is 4.39. The molecule has 1 aliphatic heterocycles. The smallest absolute Gasteiger partial charge is 0.141 e. The minimum Gasteiger partial charge on any atom is -0.367 e. The molecule has 0 radical (unpaired) electrons. The van der Waals surface area contributed by atoms with Crippen LogP contribution in [-0.4, -0.2) is 37.7 Å². The largest absolute Gasteiger partial charge is 0.367 e. The van der Waals surface area contributed by atoms with Gasteiger partial charge in [-0.2, -0.15) is 11.8 Å². The van der Waals surface area contributed by atoms with Crippen molar-refractivity contribution >= 4 is 29.1 Å². The summed E-state index contributed by atoms with van der Waals surface area (Å²) < 4.78 is 13.3. The Hall–Kier alpha value is -0.450. The number of hydrogen-bond acceptors (Lipinski definition) is 3. The maximum atomic E-state index is 13.3. The van der Waals surface area contributed by atoms with E-state index in [2.05, 4.69) is 16.5 Å². The number of halogens is 2. The Labute approximate surface area is 123 Å². The van der Waals surface area contributed by atoms with E-state index in [1.165, 1.54) is 6.07 Å². The average molecular weight is 303 g/mol. The third-order valence-corrected chi connectivity index (χ3v) is 4.44. The number of hydrogen-bond donors (Lipinski definition) is 1. The standard InChI is InChI=1S/C14H20ClFN2S/c1-19-8-2-7-18(12-5-6-17-10-12)11-3-4-14(16)13(15)9-11/h3-4,9,12,17H,2,5-8,10H2,1H3/t12-/m0/s1. The minimum atomic E-state index is -0.348. The van der Waals surface area contributed by atoms with Gasteiger partial charge in [-0.25, -0.2) is 4.39 Å².